The maximum Gasteiger partial charge on any atom is 0.136 e. The topological polar surface area (TPSA) is 47.6 Å². The highest BCUT2D eigenvalue weighted by atomic mass is 16.5. The highest BCUT2D eigenvalue weighted by Crippen LogP contribution is 2.37. The molecule has 1 fully saturated rings. The fourth-order valence-electron chi connectivity index (χ4n) is 2.68. The number of fused-ring (bicyclic) bond motifs is 1. The molecule has 18 heavy (non-hydrogen) atoms. The summed E-state index contributed by atoms with van der Waals surface area (Å²) < 4.78 is 11.0. The van der Waals surface area contributed by atoms with Crippen molar-refractivity contribution < 1.29 is 14.3 Å². The molecular formula is C14H17NO3. The van der Waals surface area contributed by atoms with Crippen molar-refractivity contribution in [3.05, 3.63) is 23.3 Å². The quantitative estimate of drug-likeness (QED) is 0.862. The van der Waals surface area contributed by atoms with E-state index in [1.54, 1.807) is 7.11 Å². The van der Waals surface area contributed by atoms with E-state index in [9.17, 15) is 4.79 Å². The molecule has 0 radical (unpaired) electrons. The number of ketones is 1. The molecule has 2 aliphatic heterocycles. The van der Waals surface area contributed by atoms with Crippen LogP contribution in [0.4, 0.5) is 0 Å². The Morgan fingerprint density at radius 1 is 1.39 bits per heavy atom. The van der Waals surface area contributed by atoms with E-state index >= 15 is 0 Å². The predicted molar refractivity (Wildman–Crippen MR) is 67.2 cm³/mol. The summed E-state index contributed by atoms with van der Waals surface area (Å²) in [4.78, 5) is 11.6. The summed E-state index contributed by atoms with van der Waals surface area (Å²) in [5.41, 5.74) is 2.29. The molecule has 1 N–H and O–H groups in total. The van der Waals surface area contributed by atoms with Gasteiger partial charge in [0.15, 0.2) is 0 Å². The van der Waals surface area contributed by atoms with E-state index < -0.39 is 0 Å². The minimum absolute atomic E-state index is 0.0760. The lowest BCUT2D eigenvalue weighted by atomic mass is 9.94. The van der Waals surface area contributed by atoms with Crippen molar-refractivity contribution in [1.29, 1.82) is 0 Å². The fourth-order valence-corrected chi connectivity index (χ4v) is 2.68. The zero-order valence-corrected chi connectivity index (χ0v) is 10.5. The van der Waals surface area contributed by atoms with Gasteiger partial charge in [0.25, 0.3) is 0 Å². The number of methoxy groups -OCH3 is 1. The van der Waals surface area contributed by atoms with Crippen molar-refractivity contribution in [2.45, 2.75) is 25.3 Å². The number of carbonyl (C=O) groups excluding carboxylic acids is 1. The highest BCUT2D eigenvalue weighted by Gasteiger charge is 2.25. The number of benzene rings is 1. The van der Waals surface area contributed by atoms with Crippen LogP contribution in [0.25, 0.3) is 0 Å². The average Bonchev–Trinajstić information content (AvgIpc) is 2.84. The molecule has 4 nitrogen and oxygen atoms in total. The Hall–Kier alpha value is -1.55. The van der Waals surface area contributed by atoms with Crippen molar-refractivity contribution in [3.63, 3.8) is 0 Å². The van der Waals surface area contributed by atoms with E-state index in [0.29, 0.717) is 18.6 Å². The highest BCUT2D eigenvalue weighted by molar-refractivity contribution is 5.80. The second kappa shape index (κ2) is 4.61. The van der Waals surface area contributed by atoms with Crippen LogP contribution in [0.5, 0.6) is 11.5 Å². The number of piperidine rings is 1. The summed E-state index contributed by atoms with van der Waals surface area (Å²) in [6.45, 7) is 1.49. The van der Waals surface area contributed by atoms with Crippen LogP contribution in [0.1, 0.15) is 30.0 Å². The first kappa shape index (κ1) is 11.5. The Morgan fingerprint density at radius 3 is 3.06 bits per heavy atom. The lowest BCUT2D eigenvalue weighted by Gasteiger charge is -2.25. The van der Waals surface area contributed by atoms with Crippen LogP contribution >= 0.6 is 0 Å². The van der Waals surface area contributed by atoms with Crippen molar-refractivity contribution >= 4 is 5.78 Å². The smallest absolute Gasteiger partial charge is 0.136 e. The SMILES string of the molecule is COc1cc2c(cc1C1CC(=O)CCN1)CCO2. The van der Waals surface area contributed by atoms with Crippen LogP contribution in [0.3, 0.4) is 0 Å². The lowest BCUT2D eigenvalue weighted by Crippen LogP contribution is -2.32. The molecule has 0 aliphatic carbocycles. The van der Waals surface area contributed by atoms with Crippen molar-refractivity contribution in [3.8, 4) is 11.5 Å². The van der Waals surface area contributed by atoms with Crippen LogP contribution in [0.15, 0.2) is 12.1 Å². The first-order valence-electron chi connectivity index (χ1n) is 6.36. The monoisotopic (exact) mass is 247 g/mol. The molecule has 0 bridgehead atoms. The van der Waals surface area contributed by atoms with Crippen LogP contribution < -0.4 is 14.8 Å². The van der Waals surface area contributed by atoms with Crippen molar-refractivity contribution in [1.82, 2.24) is 5.32 Å². The van der Waals surface area contributed by atoms with E-state index in [0.717, 1.165) is 36.6 Å². The number of ether oxygens (including phenoxy) is 2. The summed E-state index contributed by atoms with van der Waals surface area (Å²) in [6, 6.07) is 4.14. The number of Topliss-reactive ketones (excluding diaryl/α,β-unsaturated/α-hetero) is 1. The Bertz CT molecular complexity index is 484. The van der Waals surface area contributed by atoms with Gasteiger partial charge in [-0.3, -0.25) is 4.79 Å². The molecule has 0 spiro atoms. The minimum atomic E-state index is 0.0760. The first-order chi connectivity index (χ1) is 8.78. The van der Waals surface area contributed by atoms with Crippen LogP contribution in [-0.4, -0.2) is 26.0 Å². The van der Waals surface area contributed by atoms with Gasteiger partial charge in [0, 0.05) is 43.5 Å². The molecule has 1 aromatic rings. The molecule has 1 saturated heterocycles. The van der Waals surface area contributed by atoms with Gasteiger partial charge in [-0.25, -0.2) is 0 Å². The van der Waals surface area contributed by atoms with Gasteiger partial charge in [0.2, 0.25) is 0 Å². The van der Waals surface area contributed by atoms with Crippen LogP contribution in [0, 0.1) is 0 Å². The number of hydrogen-bond donors (Lipinski definition) is 1. The summed E-state index contributed by atoms with van der Waals surface area (Å²) in [6.07, 6.45) is 2.12. The van der Waals surface area contributed by atoms with E-state index in [-0.39, 0.29) is 6.04 Å². The summed E-state index contributed by atoms with van der Waals surface area (Å²) in [5, 5.41) is 3.39. The van der Waals surface area contributed by atoms with Gasteiger partial charge < -0.3 is 14.8 Å². The van der Waals surface area contributed by atoms with Gasteiger partial charge in [0.1, 0.15) is 17.3 Å². The number of rotatable bonds is 2. The largest absolute Gasteiger partial charge is 0.496 e. The normalized spacial score (nSPS) is 22.5. The molecule has 2 aliphatic rings. The number of hydrogen-bond acceptors (Lipinski definition) is 4. The first-order valence-corrected chi connectivity index (χ1v) is 6.36. The predicted octanol–water partition coefficient (Wildman–Crippen LogP) is 1.62. The van der Waals surface area contributed by atoms with E-state index in [1.807, 2.05) is 6.07 Å². The Labute approximate surface area is 106 Å². The van der Waals surface area contributed by atoms with Crippen molar-refractivity contribution in [2.24, 2.45) is 0 Å². The van der Waals surface area contributed by atoms with Crippen LogP contribution in [-0.2, 0) is 11.2 Å². The van der Waals surface area contributed by atoms with Gasteiger partial charge in [-0.2, -0.15) is 0 Å². The average molecular weight is 247 g/mol. The lowest BCUT2D eigenvalue weighted by molar-refractivity contribution is -0.120. The van der Waals surface area contributed by atoms with Gasteiger partial charge in [0.05, 0.1) is 13.7 Å². The number of nitrogens with one attached hydrogen (secondary N) is 1. The van der Waals surface area contributed by atoms with E-state index in [2.05, 4.69) is 11.4 Å². The van der Waals surface area contributed by atoms with E-state index in [4.69, 9.17) is 9.47 Å². The molecule has 2 heterocycles. The van der Waals surface area contributed by atoms with Crippen LogP contribution in [0.2, 0.25) is 0 Å². The molecule has 4 heteroatoms. The van der Waals surface area contributed by atoms with Gasteiger partial charge >= 0.3 is 0 Å². The molecule has 96 valence electrons. The summed E-state index contributed by atoms with van der Waals surface area (Å²) >= 11 is 0. The molecular weight excluding hydrogens is 230 g/mol. The van der Waals surface area contributed by atoms with Gasteiger partial charge in [-0.15, -0.1) is 0 Å². The maximum atomic E-state index is 11.6. The molecule has 3 rings (SSSR count). The Kier molecular flexibility index (Phi) is 2.96. The van der Waals surface area contributed by atoms with Gasteiger partial charge in [-0.05, 0) is 11.6 Å². The zero-order valence-electron chi connectivity index (χ0n) is 10.5. The third-order valence-corrected chi connectivity index (χ3v) is 3.64. The van der Waals surface area contributed by atoms with Gasteiger partial charge in [-0.1, -0.05) is 0 Å². The molecule has 1 aromatic carbocycles. The molecule has 0 aromatic heterocycles. The molecule has 1 atom stereocenters. The standard InChI is InChI=1S/C14H17NO3/c1-17-14-8-13-9(3-5-18-13)6-11(14)12-7-10(16)2-4-15-12/h6,8,12,15H,2-5,7H2,1H3. The van der Waals surface area contributed by atoms with Crippen molar-refractivity contribution in [2.75, 3.05) is 20.3 Å². The molecule has 1 unspecified atom stereocenters. The summed E-state index contributed by atoms with van der Waals surface area (Å²) in [7, 11) is 1.66. The summed E-state index contributed by atoms with van der Waals surface area (Å²) in [5.74, 6) is 2.04. The van der Waals surface area contributed by atoms with E-state index in [1.165, 1.54) is 5.56 Å². The fraction of sp³-hybridized carbons (Fsp3) is 0.500. The zero-order chi connectivity index (χ0) is 12.5. The second-order valence-corrected chi connectivity index (χ2v) is 4.80. The maximum absolute atomic E-state index is 11.6. The third-order valence-electron chi connectivity index (χ3n) is 3.64. The Morgan fingerprint density at radius 2 is 2.28 bits per heavy atom. The molecule has 0 amide bonds. The third kappa shape index (κ3) is 1.97. The number of carbonyl (C=O) groups is 1. The second-order valence-electron chi connectivity index (χ2n) is 4.80. The minimum Gasteiger partial charge on any atom is -0.496 e. The molecule has 0 saturated carbocycles. The Balaban J connectivity index is 1.97.